The molecule has 0 radical (unpaired) electrons. The zero-order valence-corrected chi connectivity index (χ0v) is 25.1. The minimum atomic E-state index is -4.80. The third-order valence-corrected chi connectivity index (χ3v) is 8.28. The molecule has 0 bridgehead atoms. The quantitative estimate of drug-likeness (QED) is 0.197. The summed E-state index contributed by atoms with van der Waals surface area (Å²) in [6.07, 6.45) is -2.91. The number of nitrogens with one attached hydrogen (secondary N) is 2. The van der Waals surface area contributed by atoms with Gasteiger partial charge in [0.2, 0.25) is 16.0 Å². The Morgan fingerprint density at radius 2 is 1.80 bits per heavy atom. The van der Waals surface area contributed by atoms with E-state index in [2.05, 4.69) is 20.3 Å². The van der Waals surface area contributed by atoms with Gasteiger partial charge < -0.3 is 5.32 Å². The van der Waals surface area contributed by atoms with Crippen molar-refractivity contribution in [3.63, 3.8) is 0 Å². The van der Waals surface area contributed by atoms with Crippen molar-refractivity contribution in [2.75, 3.05) is 29.9 Å². The molecule has 0 amide bonds. The molecule has 10 nitrogen and oxygen atoms in total. The highest BCUT2D eigenvalue weighted by Gasteiger charge is 2.33. The zero-order valence-electron chi connectivity index (χ0n) is 24.3. The Balaban J connectivity index is 1.65. The summed E-state index contributed by atoms with van der Waals surface area (Å²) in [5.74, 6) is -4.43. The number of benzene rings is 1. The van der Waals surface area contributed by atoms with Crippen molar-refractivity contribution in [3.8, 4) is 11.3 Å². The van der Waals surface area contributed by atoms with Crippen LogP contribution in [0.25, 0.3) is 22.4 Å². The average Bonchev–Trinajstić information content (AvgIpc) is 2.90. The molecule has 2 heterocycles. The van der Waals surface area contributed by atoms with Crippen molar-refractivity contribution < 1.29 is 39.3 Å². The number of anilines is 2. The summed E-state index contributed by atoms with van der Waals surface area (Å²) in [5.41, 5.74) is -2.48. The van der Waals surface area contributed by atoms with Gasteiger partial charge >= 0.3 is 6.18 Å². The summed E-state index contributed by atoms with van der Waals surface area (Å²) in [4.78, 5) is 26.4. The second-order valence-electron chi connectivity index (χ2n) is 11.2. The third kappa shape index (κ3) is 7.84. The molecule has 1 fully saturated rings. The minimum absolute atomic E-state index is 0.101. The lowest BCUT2D eigenvalue weighted by Crippen LogP contribution is -2.36. The Morgan fingerprint density at radius 1 is 1.14 bits per heavy atom. The Bertz CT molecular complexity index is 1720. The molecule has 3 aromatic rings. The molecule has 3 atom stereocenters. The van der Waals surface area contributed by atoms with E-state index in [1.807, 2.05) is 24.9 Å². The van der Waals surface area contributed by atoms with Crippen LogP contribution in [-0.2, 0) is 10.0 Å². The van der Waals surface area contributed by atoms with E-state index in [1.54, 1.807) is 13.8 Å². The standard InChI is InChI=1S/C27H31F6N7O3S/c1-14(2)40-24-21(12-34-26(37-24)35-17-6-5-15(13-39(3)4)18(28)11-17)36-22(25(40)41)16-9-19(29)23(20(30)10-16)38-44(42,43)8-7-27(31,32)33/h9-10,12-15,17-18H,5-8,11H2,1-4H3,(H-,34,35,36,37,38,41)/p+1/t15?,17-,18-/m1/s1. The SMILES string of the molecule is CC(C)n1c(=O)c(-c2cc(F)c(NS(=O)(=O)CCC(F)(F)F)c(F)c2)nc2cnc(N[C@@H]3CCC(C=[N+](C)C)[C@H](F)C3)nc21. The van der Waals surface area contributed by atoms with E-state index in [1.165, 1.54) is 15.5 Å². The zero-order chi connectivity index (χ0) is 32.6. The molecule has 0 spiro atoms. The number of fused-ring (bicyclic) bond motifs is 1. The lowest BCUT2D eigenvalue weighted by atomic mass is 9.85. The maximum Gasteiger partial charge on any atom is 0.390 e. The molecule has 2 N–H and O–H groups in total. The van der Waals surface area contributed by atoms with Crippen molar-refractivity contribution in [2.45, 2.75) is 64.0 Å². The predicted octanol–water partition coefficient (Wildman–Crippen LogP) is 4.67. The number of halogens is 6. The van der Waals surface area contributed by atoms with E-state index in [0.717, 1.165) is 0 Å². The molecule has 0 saturated heterocycles. The average molecular weight is 649 g/mol. The van der Waals surface area contributed by atoms with Gasteiger partial charge in [-0.1, -0.05) is 0 Å². The maximum atomic E-state index is 14.9. The van der Waals surface area contributed by atoms with Gasteiger partial charge in [0.15, 0.2) is 17.3 Å². The molecular weight excluding hydrogens is 616 g/mol. The first-order valence-corrected chi connectivity index (χ1v) is 15.4. The van der Waals surface area contributed by atoms with E-state index in [0.29, 0.717) is 25.0 Å². The van der Waals surface area contributed by atoms with Crippen LogP contribution in [-0.4, -0.2) is 77.0 Å². The summed E-state index contributed by atoms with van der Waals surface area (Å²) in [5, 5.41) is 3.12. The van der Waals surface area contributed by atoms with E-state index in [9.17, 15) is 39.6 Å². The van der Waals surface area contributed by atoms with Crippen LogP contribution >= 0.6 is 0 Å². The first kappa shape index (κ1) is 33.1. The van der Waals surface area contributed by atoms with E-state index in [4.69, 9.17) is 0 Å². The summed E-state index contributed by atoms with van der Waals surface area (Å²) < 4.78 is 110. The molecule has 1 saturated carbocycles. The number of rotatable bonds is 9. The molecule has 1 aromatic carbocycles. The normalized spacial score (nSPS) is 19.3. The van der Waals surface area contributed by atoms with Crippen molar-refractivity contribution >= 4 is 39.0 Å². The van der Waals surface area contributed by atoms with Gasteiger partial charge in [0.1, 0.15) is 43.4 Å². The third-order valence-electron chi connectivity index (χ3n) is 7.02. The van der Waals surface area contributed by atoms with Gasteiger partial charge in [0.05, 0.1) is 24.3 Å². The number of alkyl halides is 4. The van der Waals surface area contributed by atoms with E-state index >= 15 is 0 Å². The van der Waals surface area contributed by atoms with Gasteiger partial charge in [-0.3, -0.25) is 14.1 Å². The van der Waals surface area contributed by atoms with Crippen LogP contribution in [0, 0.1) is 17.6 Å². The highest BCUT2D eigenvalue weighted by atomic mass is 32.2. The summed E-state index contributed by atoms with van der Waals surface area (Å²) in [6, 6.07) is 0.547. The highest BCUT2D eigenvalue weighted by Crippen LogP contribution is 2.30. The van der Waals surface area contributed by atoms with Crippen LogP contribution in [0.1, 0.15) is 45.6 Å². The number of aromatic nitrogens is 4. The van der Waals surface area contributed by atoms with Crippen molar-refractivity contribution in [1.82, 2.24) is 19.5 Å². The fraction of sp³-hybridized carbons (Fsp3) is 0.519. The Hall–Kier alpha value is -3.76. The molecule has 240 valence electrons. The smallest absolute Gasteiger partial charge is 0.351 e. The van der Waals surface area contributed by atoms with Gasteiger partial charge in [-0.15, -0.1) is 0 Å². The Labute approximate surface area is 249 Å². The van der Waals surface area contributed by atoms with Gasteiger partial charge in [-0.05, 0) is 45.2 Å². The van der Waals surface area contributed by atoms with Crippen molar-refractivity contribution in [3.05, 3.63) is 40.3 Å². The molecule has 4 rings (SSSR count). The van der Waals surface area contributed by atoms with Crippen LogP contribution in [0.2, 0.25) is 0 Å². The highest BCUT2D eigenvalue weighted by molar-refractivity contribution is 7.92. The fourth-order valence-corrected chi connectivity index (χ4v) is 6.11. The number of sulfonamides is 1. The summed E-state index contributed by atoms with van der Waals surface area (Å²) in [7, 11) is -1.07. The summed E-state index contributed by atoms with van der Waals surface area (Å²) >= 11 is 0. The van der Waals surface area contributed by atoms with Crippen LogP contribution in [0.15, 0.2) is 23.1 Å². The fourth-order valence-electron chi connectivity index (χ4n) is 5.01. The first-order valence-electron chi connectivity index (χ1n) is 13.7. The van der Waals surface area contributed by atoms with Gasteiger partial charge in [-0.25, -0.2) is 36.1 Å². The second kappa shape index (κ2) is 12.7. The topological polar surface area (TPSA) is 122 Å². The van der Waals surface area contributed by atoms with Gasteiger partial charge in [0, 0.05) is 17.6 Å². The monoisotopic (exact) mass is 648 g/mol. The lowest BCUT2D eigenvalue weighted by Gasteiger charge is -2.29. The van der Waals surface area contributed by atoms with Crippen LogP contribution in [0.4, 0.5) is 38.0 Å². The van der Waals surface area contributed by atoms with Crippen molar-refractivity contribution in [1.29, 1.82) is 0 Å². The number of hydrogen-bond acceptors (Lipinski definition) is 7. The van der Waals surface area contributed by atoms with Crippen LogP contribution in [0.3, 0.4) is 0 Å². The van der Waals surface area contributed by atoms with Gasteiger partial charge in [0.25, 0.3) is 5.56 Å². The minimum Gasteiger partial charge on any atom is -0.351 e. The first-order chi connectivity index (χ1) is 20.4. The molecule has 1 aliphatic carbocycles. The predicted molar refractivity (Wildman–Crippen MR) is 153 cm³/mol. The van der Waals surface area contributed by atoms with Crippen molar-refractivity contribution in [2.24, 2.45) is 5.92 Å². The van der Waals surface area contributed by atoms with Gasteiger partial charge in [-0.2, -0.15) is 18.2 Å². The number of hydrogen-bond donors (Lipinski definition) is 2. The Morgan fingerprint density at radius 3 is 2.36 bits per heavy atom. The second-order valence-corrected chi connectivity index (χ2v) is 13.0. The molecule has 44 heavy (non-hydrogen) atoms. The van der Waals surface area contributed by atoms with E-state index in [-0.39, 0.29) is 41.1 Å². The van der Waals surface area contributed by atoms with Crippen LogP contribution < -0.4 is 15.6 Å². The molecular formula is C27H32F6N7O3S+. The Kier molecular flexibility index (Phi) is 9.56. The largest absolute Gasteiger partial charge is 0.390 e. The lowest BCUT2D eigenvalue weighted by molar-refractivity contribution is -0.462. The maximum absolute atomic E-state index is 14.9. The molecule has 1 unspecified atom stereocenters. The van der Waals surface area contributed by atoms with Crippen LogP contribution in [0.5, 0.6) is 0 Å². The summed E-state index contributed by atoms with van der Waals surface area (Å²) in [6.45, 7) is 3.35. The molecule has 1 aliphatic rings. The van der Waals surface area contributed by atoms with E-state index < -0.39 is 69.2 Å². The number of nitrogens with zero attached hydrogens (tertiary/aromatic N) is 5. The molecule has 17 heteroatoms. The molecule has 2 aromatic heterocycles. The molecule has 0 aliphatic heterocycles.